The van der Waals surface area contributed by atoms with Crippen LogP contribution in [0.15, 0.2) is 72.8 Å². The van der Waals surface area contributed by atoms with Gasteiger partial charge in [-0.1, -0.05) is 60.7 Å². The molecule has 5 rings (SSSR count). The Balaban J connectivity index is 1.90. The molecule has 1 aliphatic rings. The molecule has 116 valence electrons. The lowest BCUT2D eigenvalue weighted by Gasteiger charge is -2.29. The van der Waals surface area contributed by atoms with E-state index in [9.17, 15) is 10.2 Å². The lowest BCUT2D eigenvalue weighted by atomic mass is 9.80. The summed E-state index contributed by atoms with van der Waals surface area (Å²) in [5.41, 5.74) is 3.59. The number of benzene rings is 4. The highest BCUT2D eigenvalue weighted by molar-refractivity contribution is 6.09. The molecule has 2 heteroatoms. The monoisotopic (exact) mass is 312 g/mol. The van der Waals surface area contributed by atoms with Gasteiger partial charge in [0.1, 0.15) is 12.2 Å². The van der Waals surface area contributed by atoms with Crippen molar-refractivity contribution in [2.24, 2.45) is 0 Å². The average molecular weight is 312 g/mol. The summed E-state index contributed by atoms with van der Waals surface area (Å²) in [5.74, 6) is 0. The number of fused-ring (bicyclic) bond motifs is 6. The molecule has 0 fully saturated rings. The molecule has 0 saturated heterocycles. The first-order valence-electron chi connectivity index (χ1n) is 8.15. The summed E-state index contributed by atoms with van der Waals surface area (Å²) in [4.78, 5) is 0. The predicted molar refractivity (Wildman–Crippen MR) is 96.8 cm³/mol. The minimum Gasteiger partial charge on any atom is -0.385 e. The van der Waals surface area contributed by atoms with Crippen LogP contribution in [0, 0.1) is 0 Å². The predicted octanol–water partition coefficient (Wildman–Crippen LogP) is 4.74. The second-order valence-corrected chi connectivity index (χ2v) is 6.42. The van der Waals surface area contributed by atoms with Gasteiger partial charge in [0.15, 0.2) is 0 Å². The van der Waals surface area contributed by atoms with E-state index in [1.54, 1.807) is 0 Å². The van der Waals surface area contributed by atoms with E-state index in [-0.39, 0.29) is 0 Å². The Morgan fingerprint density at radius 2 is 1.25 bits per heavy atom. The number of aliphatic hydroxyl groups excluding tert-OH is 2. The first kappa shape index (κ1) is 13.7. The molecule has 0 radical (unpaired) electrons. The van der Waals surface area contributed by atoms with Gasteiger partial charge in [-0.3, -0.25) is 0 Å². The second kappa shape index (κ2) is 4.91. The zero-order valence-corrected chi connectivity index (χ0v) is 13.0. The van der Waals surface area contributed by atoms with Gasteiger partial charge < -0.3 is 10.2 Å². The maximum absolute atomic E-state index is 10.7. The molecule has 0 amide bonds. The van der Waals surface area contributed by atoms with Gasteiger partial charge in [-0.2, -0.15) is 0 Å². The van der Waals surface area contributed by atoms with Gasteiger partial charge >= 0.3 is 0 Å². The largest absolute Gasteiger partial charge is 0.385 e. The molecule has 0 unspecified atom stereocenters. The van der Waals surface area contributed by atoms with Crippen molar-refractivity contribution in [2.45, 2.75) is 12.2 Å². The van der Waals surface area contributed by atoms with Gasteiger partial charge in [0.2, 0.25) is 0 Å². The summed E-state index contributed by atoms with van der Waals surface area (Å²) in [6.45, 7) is 0. The highest BCUT2D eigenvalue weighted by Crippen LogP contribution is 2.46. The smallest absolute Gasteiger partial charge is 0.110 e. The van der Waals surface area contributed by atoms with Crippen molar-refractivity contribution in [3.05, 3.63) is 83.9 Å². The van der Waals surface area contributed by atoms with Crippen LogP contribution in [0.2, 0.25) is 0 Å². The van der Waals surface area contributed by atoms with E-state index in [4.69, 9.17) is 0 Å². The molecule has 4 aromatic carbocycles. The van der Waals surface area contributed by atoms with Crippen LogP contribution in [0.3, 0.4) is 0 Å². The van der Waals surface area contributed by atoms with E-state index in [0.29, 0.717) is 0 Å². The number of hydrogen-bond donors (Lipinski definition) is 2. The van der Waals surface area contributed by atoms with Crippen LogP contribution in [0.5, 0.6) is 0 Å². The fraction of sp³-hybridized carbons (Fsp3) is 0.0909. The molecular weight excluding hydrogens is 296 g/mol. The maximum Gasteiger partial charge on any atom is 0.110 e. The summed E-state index contributed by atoms with van der Waals surface area (Å²) in [5, 5.41) is 25.8. The average Bonchev–Trinajstić information content (AvgIpc) is 2.65. The number of hydrogen-bond acceptors (Lipinski definition) is 2. The van der Waals surface area contributed by atoms with E-state index >= 15 is 0 Å². The number of aliphatic hydroxyl groups is 2. The molecule has 0 spiro atoms. The molecule has 0 bridgehead atoms. The zero-order valence-electron chi connectivity index (χ0n) is 13.0. The van der Waals surface area contributed by atoms with Crippen molar-refractivity contribution in [3.8, 4) is 11.1 Å². The molecule has 1 aliphatic carbocycles. The van der Waals surface area contributed by atoms with Gasteiger partial charge in [-0.05, 0) is 55.9 Å². The minimum absolute atomic E-state index is 0.789. The minimum atomic E-state index is -0.904. The van der Waals surface area contributed by atoms with Crippen LogP contribution in [-0.4, -0.2) is 10.2 Å². The Morgan fingerprint density at radius 3 is 2.17 bits per heavy atom. The van der Waals surface area contributed by atoms with Crippen LogP contribution in [0.1, 0.15) is 23.3 Å². The van der Waals surface area contributed by atoms with Crippen molar-refractivity contribution in [1.29, 1.82) is 0 Å². The van der Waals surface area contributed by atoms with Gasteiger partial charge in [0, 0.05) is 0 Å². The first-order valence-corrected chi connectivity index (χ1v) is 8.15. The highest BCUT2D eigenvalue weighted by atomic mass is 16.3. The molecule has 24 heavy (non-hydrogen) atoms. The molecule has 0 aromatic heterocycles. The summed E-state index contributed by atoms with van der Waals surface area (Å²) in [6, 6.07) is 24.4. The van der Waals surface area contributed by atoms with E-state index in [1.165, 1.54) is 10.8 Å². The van der Waals surface area contributed by atoms with E-state index in [1.807, 2.05) is 42.5 Å². The molecule has 0 saturated carbocycles. The van der Waals surface area contributed by atoms with E-state index in [0.717, 1.165) is 33.0 Å². The zero-order chi connectivity index (χ0) is 16.3. The van der Waals surface area contributed by atoms with Crippen molar-refractivity contribution in [2.75, 3.05) is 0 Å². The third kappa shape index (κ3) is 1.78. The molecule has 2 nitrogen and oxygen atoms in total. The van der Waals surface area contributed by atoms with Crippen molar-refractivity contribution >= 4 is 21.5 Å². The van der Waals surface area contributed by atoms with Crippen molar-refractivity contribution in [1.82, 2.24) is 0 Å². The molecule has 4 aromatic rings. The van der Waals surface area contributed by atoms with Gasteiger partial charge in [0.25, 0.3) is 0 Å². The van der Waals surface area contributed by atoms with Crippen LogP contribution < -0.4 is 0 Å². The van der Waals surface area contributed by atoms with E-state index < -0.39 is 12.2 Å². The quantitative estimate of drug-likeness (QED) is 0.460. The van der Waals surface area contributed by atoms with E-state index in [2.05, 4.69) is 30.3 Å². The first-order chi connectivity index (χ1) is 11.7. The highest BCUT2D eigenvalue weighted by Gasteiger charge is 2.31. The van der Waals surface area contributed by atoms with Crippen LogP contribution in [0.4, 0.5) is 0 Å². The van der Waals surface area contributed by atoms with Crippen LogP contribution in [-0.2, 0) is 0 Å². The fourth-order valence-corrected chi connectivity index (χ4v) is 3.89. The van der Waals surface area contributed by atoms with Gasteiger partial charge in [0.05, 0.1) is 0 Å². The normalized spacial score (nSPS) is 19.2. The summed E-state index contributed by atoms with van der Waals surface area (Å²) >= 11 is 0. The maximum atomic E-state index is 10.7. The standard InChI is InChI=1S/C22H16O2/c23-21-17-8-4-3-7-16(17)19-11-14-10-9-13-5-1-2-6-15(13)18(14)12-20(19)22(21)24/h1-12,21-24H/t21-,22-/m1/s1. The Bertz CT molecular complexity index is 1100. The van der Waals surface area contributed by atoms with Crippen LogP contribution >= 0.6 is 0 Å². The molecule has 0 aliphatic heterocycles. The SMILES string of the molecule is O[C@@H]1c2ccccc2-c2cc3ccc4ccccc4c3cc2[C@H]1O. The van der Waals surface area contributed by atoms with Crippen molar-refractivity contribution < 1.29 is 10.2 Å². The molecular formula is C22H16O2. The number of rotatable bonds is 0. The summed E-state index contributed by atoms with van der Waals surface area (Å²) < 4.78 is 0. The lowest BCUT2D eigenvalue weighted by Crippen LogP contribution is -2.17. The Kier molecular flexibility index (Phi) is 2.81. The lowest BCUT2D eigenvalue weighted by molar-refractivity contribution is 0.0159. The Hall–Kier alpha value is -2.68. The third-order valence-electron chi connectivity index (χ3n) is 5.10. The topological polar surface area (TPSA) is 40.5 Å². The molecule has 2 atom stereocenters. The molecule has 0 heterocycles. The Labute approximate surface area is 139 Å². The van der Waals surface area contributed by atoms with Crippen molar-refractivity contribution in [3.63, 3.8) is 0 Å². The fourth-order valence-electron chi connectivity index (χ4n) is 3.89. The molecule has 2 N–H and O–H groups in total. The van der Waals surface area contributed by atoms with Crippen LogP contribution in [0.25, 0.3) is 32.7 Å². The van der Waals surface area contributed by atoms with Gasteiger partial charge in [-0.25, -0.2) is 0 Å². The second-order valence-electron chi connectivity index (χ2n) is 6.42. The third-order valence-corrected chi connectivity index (χ3v) is 5.10. The van der Waals surface area contributed by atoms with Gasteiger partial charge in [-0.15, -0.1) is 0 Å². The summed E-state index contributed by atoms with van der Waals surface area (Å²) in [7, 11) is 0. The Morgan fingerprint density at radius 1 is 0.542 bits per heavy atom. The summed E-state index contributed by atoms with van der Waals surface area (Å²) in [6.07, 6.45) is -1.79.